The first-order valence-electron chi connectivity index (χ1n) is 9.51. The van der Waals surface area contributed by atoms with E-state index in [4.69, 9.17) is 14.2 Å². The van der Waals surface area contributed by atoms with Gasteiger partial charge in [0.1, 0.15) is 21.9 Å². The minimum atomic E-state index is -0.494. The van der Waals surface area contributed by atoms with Crippen molar-refractivity contribution in [3.05, 3.63) is 16.2 Å². The highest BCUT2D eigenvalue weighted by molar-refractivity contribution is 9.10. The van der Waals surface area contributed by atoms with Crippen molar-refractivity contribution in [3.8, 4) is 11.6 Å². The highest BCUT2D eigenvalue weighted by Crippen LogP contribution is 2.49. The fraction of sp³-hybridized carbons (Fsp3) is 0.700. The van der Waals surface area contributed by atoms with Crippen LogP contribution in [0, 0.1) is 0 Å². The molecule has 0 spiro atoms. The molecule has 0 unspecified atom stereocenters. The fourth-order valence-electron chi connectivity index (χ4n) is 3.29. The van der Waals surface area contributed by atoms with Crippen LogP contribution < -0.4 is 14.8 Å². The molecule has 1 heterocycles. The second kappa shape index (κ2) is 7.49. The van der Waals surface area contributed by atoms with Gasteiger partial charge in [-0.2, -0.15) is 0 Å². The highest BCUT2D eigenvalue weighted by Gasteiger charge is 2.41. The molecule has 0 radical (unpaired) electrons. The maximum atomic E-state index is 12.0. The van der Waals surface area contributed by atoms with E-state index in [0.29, 0.717) is 5.88 Å². The Labute approximate surface area is 169 Å². The molecule has 7 heteroatoms. The van der Waals surface area contributed by atoms with Gasteiger partial charge in [-0.1, -0.05) is 6.92 Å². The molecule has 0 saturated heterocycles. The van der Waals surface area contributed by atoms with Gasteiger partial charge < -0.3 is 19.5 Å². The third kappa shape index (κ3) is 5.06. The number of alkyl carbamates (subject to hydrolysis) is 1. The molecule has 2 aliphatic rings. The van der Waals surface area contributed by atoms with Crippen LogP contribution in [0.5, 0.6) is 11.6 Å². The van der Waals surface area contributed by atoms with Gasteiger partial charge in [-0.25, -0.2) is 9.78 Å². The van der Waals surface area contributed by atoms with Crippen molar-refractivity contribution >= 4 is 22.0 Å². The minimum absolute atomic E-state index is 0.0354. The van der Waals surface area contributed by atoms with Crippen LogP contribution in [0.3, 0.4) is 0 Å². The maximum absolute atomic E-state index is 12.0. The molecule has 0 aromatic carbocycles. The van der Waals surface area contributed by atoms with Crippen LogP contribution in [-0.4, -0.2) is 35.9 Å². The second-order valence-corrected chi connectivity index (χ2v) is 9.58. The Bertz CT molecular complexity index is 713. The van der Waals surface area contributed by atoms with E-state index in [-0.39, 0.29) is 23.7 Å². The molecule has 1 amide bonds. The molecule has 2 fully saturated rings. The quantitative estimate of drug-likeness (QED) is 0.716. The number of methoxy groups -OCH3 is 1. The normalized spacial score (nSPS) is 23.6. The Morgan fingerprint density at radius 3 is 2.63 bits per heavy atom. The molecule has 6 nitrogen and oxygen atoms in total. The summed E-state index contributed by atoms with van der Waals surface area (Å²) >= 11 is 3.56. The number of nitrogens with zero attached hydrogens (tertiary/aromatic N) is 1. The summed E-state index contributed by atoms with van der Waals surface area (Å²) in [6, 6.07) is 2.08. The van der Waals surface area contributed by atoms with Crippen LogP contribution in [0.1, 0.15) is 65.5 Å². The smallest absolute Gasteiger partial charge is 0.407 e. The lowest BCUT2D eigenvalue weighted by atomic mass is 10.0. The first-order valence-corrected chi connectivity index (χ1v) is 10.3. The van der Waals surface area contributed by atoms with Gasteiger partial charge in [-0.15, -0.1) is 0 Å². The molecule has 27 heavy (non-hydrogen) atoms. The van der Waals surface area contributed by atoms with Crippen molar-refractivity contribution in [2.45, 2.75) is 83.0 Å². The summed E-state index contributed by atoms with van der Waals surface area (Å²) in [5.74, 6) is 1.31. The van der Waals surface area contributed by atoms with Crippen LogP contribution >= 0.6 is 15.9 Å². The molecular formula is C20H29BrN2O4. The number of pyridine rings is 1. The minimum Gasteiger partial charge on any atom is -0.489 e. The van der Waals surface area contributed by atoms with E-state index in [9.17, 15) is 4.79 Å². The molecule has 2 aliphatic carbocycles. The Morgan fingerprint density at radius 2 is 2.04 bits per heavy atom. The topological polar surface area (TPSA) is 69.7 Å². The van der Waals surface area contributed by atoms with Crippen LogP contribution in [0.25, 0.3) is 0 Å². The Kier molecular flexibility index (Phi) is 5.62. The zero-order valence-electron chi connectivity index (χ0n) is 16.7. The molecule has 2 saturated carbocycles. The van der Waals surface area contributed by atoms with E-state index >= 15 is 0 Å². The monoisotopic (exact) mass is 440 g/mol. The number of nitrogens with one attached hydrogen (secondary N) is 1. The Hall–Kier alpha value is -1.50. The Morgan fingerprint density at radius 1 is 1.33 bits per heavy atom. The summed E-state index contributed by atoms with van der Waals surface area (Å²) in [7, 11) is 1.62. The lowest BCUT2D eigenvalue weighted by Crippen LogP contribution is -2.38. The van der Waals surface area contributed by atoms with Crippen LogP contribution in [0.15, 0.2) is 10.5 Å². The van der Waals surface area contributed by atoms with Gasteiger partial charge in [0.25, 0.3) is 0 Å². The highest BCUT2D eigenvalue weighted by atomic mass is 79.9. The van der Waals surface area contributed by atoms with Gasteiger partial charge in [-0.05, 0) is 62.4 Å². The number of halogens is 1. The number of amides is 1. The molecule has 1 aromatic heterocycles. The second-order valence-electron chi connectivity index (χ2n) is 8.79. The maximum Gasteiger partial charge on any atom is 0.407 e. The van der Waals surface area contributed by atoms with E-state index in [1.165, 1.54) is 0 Å². The summed E-state index contributed by atoms with van der Waals surface area (Å²) < 4.78 is 17.8. The number of carbonyl (C=O) groups excluding carboxylic acids is 1. The molecule has 1 aromatic rings. The van der Waals surface area contributed by atoms with Crippen LogP contribution in [-0.2, 0) is 10.2 Å². The van der Waals surface area contributed by atoms with Gasteiger partial charge >= 0.3 is 6.09 Å². The third-order valence-corrected chi connectivity index (χ3v) is 5.83. The summed E-state index contributed by atoms with van der Waals surface area (Å²) in [4.78, 5) is 16.6. The summed E-state index contributed by atoms with van der Waals surface area (Å²) in [5.41, 5.74) is 0.647. The number of hydrogen-bond donors (Lipinski definition) is 1. The average molecular weight is 441 g/mol. The zero-order chi connectivity index (χ0) is 19.8. The average Bonchev–Trinajstić information content (AvgIpc) is 3.16. The fourth-order valence-corrected chi connectivity index (χ4v) is 3.75. The van der Waals surface area contributed by atoms with Gasteiger partial charge in [0, 0.05) is 23.9 Å². The SMILES string of the molecule is COc1nc(C2(C)CC2)cc(O[C@@H]2CC[C@H](NC(=O)OC(C)(C)C)C2)c1Br. The third-order valence-electron chi connectivity index (χ3n) is 5.10. The number of carbonyl (C=O) groups is 1. The predicted molar refractivity (Wildman–Crippen MR) is 106 cm³/mol. The molecule has 3 rings (SSSR count). The van der Waals surface area contributed by atoms with E-state index in [0.717, 1.165) is 48.0 Å². The van der Waals surface area contributed by atoms with Gasteiger partial charge in [0.15, 0.2) is 0 Å². The predicted octanol–water partition coefficient (Wildman–Crippen LogP) is 4.73. The summed E-state index contributed by atoms with van der Waals surface area (Å²) in [5, 5.41) is 2.94. The summed E-state index contributed by atoms with van der Waals surface area (Å²) in [6.07, 6.45) is 4.43. The lowest BCUT2D eigenvalue weighted by Gasteiger charge is -2.22. The largest absolute Gasteiger partial charge is 0.489 e. The van der Waals surface area contributed by atoms with Gasteiger partial charge in [0.2, 0.25) is 5.88 Å². The van der Waals surface area contributed by atoms with Crippen LogP contribution in [0.4, 0.5) is 4.79 Å². The van der Waals surface area contributed by atoms with Crippen molar-refractivity contribution in [1.29, 1.82) is 0 Å². The first kappa shape index (κ1) is 20.2. The molecule has 0 aliphatic heterocycles. The number of hydrogen-bond acceptors (Lipinski definition) is 5. The van der Waals surface area contributed by atoms with Gasteiger partial charge in [0.05, 0.1) is 12.8 Å². The first-order chi connectivity index (χ1) is 12.6. The summed E-state index contributed by atoms with van der Waals surface area (Å²) in [6.45, 7) is 7.79. The van der Waals surface area contributed by atoms with Crippen molar-refractivity contribution in [2.24, 2.45) is 0 Å². The van der Waals surface area contributed by atoms with Gasteiger partial charge in [-0.3, -0.25) is 0 Å². The van der Waals surface area contributed by atoms with E-state index in [1.54, 1.807) is 7.11 Å². The number of ether oxygens (including phenoxy) is 3. The van der Waals surface area contributed by atoms with Crippen molar-refractivity contribution in [2.75, 3.05) is 7.11 Å². The molecule has 0 bridgehead atoms. The van der Waals surface area contributed by atoms with Crippen molar-refractivity contribution in [1.82, 2.24) is 10.3 Å². The van der Waals surface area contributed by atoms with E-state index in [2.05, 4.69) is 33.2 Å². The van der Waals surface area contributed by atoms with Crippen molar-refractivity contribution < 1.29 is 19.0 Å². The molecule has 150 valence electrons. The molecule has 2 atom stereocenters. The zero-order valence-corrected chi connectivity index (χ0v) is 18.3. The number of rotatable bonds is 5. The number of aromatic nitrogens is 1. The van der Waals surface area contributed by atoms with E-state index < -0.39 is 5.60 Å². The van der Waals surface area contributed by atoms with Crippen LogP contribution in [0.2, 0.25) is 0 Å². The van der Waals surface area contributed by atoms with Crippen molar-refractivity contribution in [3.63, 3.8) is 0 Å². The lowest BCUT2D eigenvalue weighted by molar-refractivity contribution is 0.0503. The standard InChI is InChI=1S/C20H29BrN2O4/c1-19(2,3)27-18(24)22-12-6-7-13(10-12)26-14-11-15(20(4)8-9-20)23-17(25-5)16(14)21/h11-13H,6-10H2,1-5H3,(H,22,24)/t12-,13+/m0/s1. The molecular weight excluding hydrogens is 412 g/mol. The Balaban J connectivity index is 1.64. The molecule has 1 N–H and O–H groups in total. The van der Waals surface area contributed by atoms with E-state index in [1.807, 2.05) is 26.8 Å².